The molecule has 4 N–H and O–H groups in total. The van der Waals surface area contributed by atoms with Crippen molar-refractivity contribution in [1.82, 2.24) is 0 Å². The standard InChI is InChI=1S/C8H18BNO3/c1-5(3-10)8(9)13-7(4-11)6(2)12/h5-8,11-12H,3-4,10H2,1-2H3/t5-,6-,7?,8?/m0/s1. The molecule has 0 aromatic rings. The van der Waals surface area contributed by atoms with Crippen LogP contribution in [0.4, 0.5) is 0 Å². The summed E-state index contributed by atoms with van der Waals surface area (Å²) in [6.07, 6.45) is -1.37. The first-order valence-corrected chi connectivity index (χ1v) is 4.43. The second-order valence-electron chi connectivity index (χ2n) is 3.28. The van der Waals surface area contributed by atoms with Gasteiger partial charge in [0, 0.05) is 6.00 Å². The predicted molar refractivity (Wildman–Crippen MR) is 51.4 cm³/mol. The SMILES string of the molecule is [B]C(OC(CO)[C@H](C)O)[C@@H](C)CN. The van der Waals surface area contributed by atoms with Gasteiger partial charge < -0.3 is 20.7 Å². The fourth-order valence-electron chi connectivity index (χ4n) is 0.779. The van der Waals surface area contributed by atoms with Gasteiger partial charge in [-0.3, -0.25) is 0 Å². The molecule has 0 amide bonds. The quantitative estimate of drug-likeness (QED) is 0.458. The zero-order valence-corrected chi connectivity index (χ0v) is 8.18. The van der Waals surface area contributed by atoms with E-state index in [0.29, 0.717) is 6.54 Å². The molecule has 2 radical (unpaired) electrons. The van der Waals surface area contributed by atoms with Gasteiger partial charge >= 0.3 is 0 Å². The fraction of sp³-hybridized carbons (Fsp3) is 1.00. The van der Waals surface area contributed by atoms with E-state index in [1.165, 1.54) is 0 Å². The molecule has 2 unspecified atom stereocenters. The number of nitrogens with two attached hydrogens (primary N) is 1. The molecule has 0 aliphatic rings. The maximum absolute atomic E-state index is 9.14. The van der Waals surface area contributed by atoms with Crippen LogP contribution in [0, 0.1) is 5.92 Å². The Balaban J connectivity index is 3.93. The van der Waals surface area contributed by atoms with Gasteiger partial charge in [-0.25, -0.2) is 0 Å². The highest BCUT2D eigenvalue weighted by atomic mass is 16.5. The Labute approximate surface area is 80.5 Å². The minimum absolute atomic E-state index is 0.00722. The van der Waals surface area contributed by atoms with Crippen LogP contribution in [0.25, 0.3) is 0 Å². The van der Waals surface area contributed by atoms with E-state index in [4.69, 9.17) is 28.5 Å². The van der Waals surface area contributed by atoms with Crippen LogP contribution in [0.15, 0.2) is 0 Å². The first-order chi connectivity index (χ1) is 6.02. The first-order valence-electron chi connectivity index (χ1n) is 4.43. The van der Waals surface area contributed by atoms with Crippen LogP contribution >= 0.6 is 0 Å². The van der Waals surface area contributed by atoms with Crippen molar-refractivity contribution in [1.29, 1.82) is 0 Å². The van der Waals surface area contributed by atoms with E-state index in [-0.39, 0.29) is 12.5 Å². The summed E-state index contributed by atoms with van der Waals surface area (Å²) in [6.45, 7) is 3.56. The largest absolute Gasteiger partial charge is 0.394 e. The van der Waals surface area contributed by atoms with E-state index < -0.39 is 18.2 Å². The van der Waals surface area contributed by atoms with E-state index >= 15 is 0 Å². The molecule has 0 aliphatic carbocycles. The average Bonchev–Trinajstić information content (AvgIpc) is 2.11. The molecule has 0 spiro atoms. The van der Waals surface area contributed by atoms with Gasteiger partial charge in [-0.15, -0.1) is 0 Å². The minimum Gasteiger partial charge on any atom is -0.394 e. The Bertz CT molecular complexity index is 135. The normalized spacial score (nSPS) is 20.7. The van der Waals surface area contributed by atoms with Gasteiger partial charge in [0.05, 0.1) is 12.7 Å². The maximum Gasteiger partial charge on any atom is 0.109 e. The number of hydrogen-bond donors (Lipinski definition) is 3. The lowest BCUT2D eigenvalue weighted by atomic mass is 9.87. The van der Waals surface area contributed by atoms with E-state index in [9.17, 15) is 0 Å². The third kappa shape index (κ3) is 4.62. The number of aliphatic hydroxyl groups is 2. The van der Waals surface area contributed by atoms with Crippen LogP contribution in [-0.2, 0) is 4.74 Å². The molecule has 4 atom stereocenters. The second kappa shape index (κ2) is 6.37. The van der Waals surface area contributed by atoms with E-state index in [0.717, 1.165) is 0 Å². The van der Waals surface area contributed by atoms with Crippen molar-refractivity contribution in [3.63, 3.8) is 0 Å². The molecule has 0 saturated heterocycles. The molecular formula is C8H18BNO3. The van der Waals surface area contributed by atoms with Crippen LogP contribution in [-0.4, -0.2) is 49.4 Å². The number of hydrogen-bond acceptors (Lipinski definition) is 4. The second-order valence-corrected chi connectivity index (χ2v) is 3.28. The summed E-state index contributed by atoms with van der Waals surface area (Å²) in [7, 11) is 5.62. The van der Waals surface area contributed by atoms with Gasteiger partial charge in [0.2, 0.25) is 0 Å². The van der Waals surface area contributed by atoms with E-state index in [1.54, 1.807) is 6.92 Å². The van der Waals surface area contributed by atoms with Crippen LogP contribution in [0.5, 0.6) is 0 Å². The summed E-state index contributed by atoms with van der Waals surface area (Å²) in [5.74, 6) is 0.00722. The molecule has 0 aromatic heterocycles. The Morgan fingerprint density at radius 2 is 2.00 bits per heavy atom. The number of ether oxygens (including phenoxy) is 1. The summed E-state index contributed by atoms with van der Waals surface area (Å²) in [5.41, 5.74) is 5.38. The van der Waals surface area contributed by atoms with Gasteiger partial charge in [0.15, 0.2) is 0 Å². The Hall–Kier alpha value is -0.0951. The highest BCUT2D eigenvalue weighted by molar-refractivity contribution is 6.11. The molecule has 13 heavy (non-hydrogen) atoms. The zero-order valence-electron chi connectivity index (χ0n) is 8.18. The van der Waals surface area contributed by atoms with Crippen molar-refractivity contribution in [2.45, 2.75) is 32.1 Å². The third-order valence-corrected chi connectivity index (χ3v) is 1.98. The van der Waals surface area contributed by atoms with Crippen molar-refractivity contribution < 1.29 is 14.9 Å². The molecule has 0 heterocycles. The van der Waals surface area contributed by atoms with Crippen molar-refractivity contribution in [3.05, 3.63) is 0 Å². The summed E-state index contributed by atoms with van der Waals surface area (Å²) >= 11 is 0. The van der Waals surface area contributed by atoms with Gasteiger partial charge in [-0.05, 0) is 19.4 Å². The average molecular weight is 187 g/mol. The number of aliphatic hydroxyl groups excluding tert-OH is 2. The molecular weight excluding hydrogens is 169 g/mol. The lowest BCUT2D eigenvalue weighted by Gasteiger charge is -2.26. The topological polar surface area (TPSA) is 75.7 Å². The van der Waals surface area contributed by atoms with Crippen LogP contribution in [0.1, 0.15) is 13.8 Å². The fourth-order valence-corrected chi connectivity index (χ4v) is 0.779. The molecule has 76 valence electrons. The lowest BCUT2D eigenvalue weighted by molar-refractivity contribution is -0.0793. The van der Waals surface area contributed by atoms with E-state index in [2.05, 4.69) is 0 Å². The van der Waals surface area contributed by atoms with Gasteiger partial charge in [0.1, 0.15) is 14.0 Å². The Kier molecular flexibility index (Phi) is 6.33. The number of rotatable bonds is 6. The molecule has 0 fully saturated rings. The van der Waals surface area contributed by atoms with Crippen LogP contribution < -0.4 is 5.73 Å². The van der Waals surface area contributed by atoms with Crippen molar-refractivity contribution in [3.8, 4) is 0 Å². The van der Waals surface area contributed by atoms with Gasteiger partial charge in [-0.1, -0.05) is 6.92 Å². The van der Waals surface area contributed by atoms with Crippen molar-refractivity contribution in [2.75, 3.05) is 13.2 Å². The van der Waals surface area contributed by atoms with E-state index in [1.807, 2.05) is 6.92 Å². The summed E-state index contributed by atoms with van der Waals surface area (Å²) < 4.78 is 5.21. The zero-order chi connectivity index (χ0) is 10.4. The highest BCUT2D eigenvalue weighted by Gasteiger charge is 2.20. The summed E-state index contributed by atoms with van der Waals surface area (Å²) in [5, 5.41) is 18.0. The minimum atomic E-state index is -0.735. The van der Waals surface area contributed by atoms with Gasteiger partial charge in [-0.2, -0.15) is 0 Å². The monoisotopic (exact) mass is 187 g/mol. The van der Waals surface area contributed by atoms with Crippen molar-refractivity contribution in [2.24, 2.45) is 11.7 Å². The smallest absolute Gasteiger partial charge is 0.109 e. The molecule has 0 saturated carbocycles. The third-order valence-electron chi connectivity index (χ3n) is 1.98. The molecule has 4 nitrogen and oxygen atoms in total. The van der Waals surface area contributed by atoms with Crippen LogP contribution in [0.2, 0.25) is 0 Å². The Morgan fingerprint density at radius 3 is 2.31 bits per heavy atom. The summed E-state index contributed by atoms with van der Waals surface area (Å²) in [4.78, 5) is 0. The first kappa shape index (κ1) is 12.9. The maximum atomic E-state index is 9.14. The van der Waals surface area contributed by atoms with Crippen LogP contribution in [0.3, 0.4) is 0 Å². The highest BCUT2D eigenvalue weighted by Crippen LogP contribution is 2.07. The lowest BCUT2D eigenvalue weighted by Crippen LogP contribution is -2.38. The molecule has 0 aliphatic heterocycles. The molecule has 0 aromatic carbocycles. The molecule has 5 heteroatoms. The molecule has 0 bridgehead atoms. The Morgan fingerprint density at radius 1 is 1.46 bits per heavy atom. The summed E-state index contributed by atoms with van der Waals surface area (Å²) in [6, 6.07) is -0.545. The molecule has 0 rings (SSSR count). The van der Waals surface area contributed by atoms with Crippen molar-refractivity contribution >= 4 is 7.85 Å². The predicted octanol–water partition coefficient (Wildman–Crippen LogP) is -1.17. The van der Waals surface area contributed by atoms with Gasteiger partial charge in [0.25, 0.3) is 0 Å².